The van der Waals surface area contributed by atoms with Gasteiger partial charge in [0.05, 0.1) is 5.56 Å². The molecule has 1 aliphatic heterocycles. The first-order valence-corrected chi connectivity index (χ1v) is 7.30. The van der Waals surface area contributed by atoms with E-state index in [-0.39, 0.29) is 0 Å². The summed E-state index contributed by atoms with van der Waals surface area (Å²) in [7, 11) is 0. The average molecular weight is 259 g/mol. The Balaban J connectivity index is 1.69. The summed E-state index contributed by atoms with van der Waals surface area (Å²) >= 11 is 0. The molecule has 0 bridgehead atoms. The molecule has 2 aliphatic rings. The topological polar surface area (TPSA) is 40.5 Å². The zero-order valence-electron chi connectivity index (χ0n) is 11.2. The molecule has 2 fully saturated rings. The monoisotopic (exact) mass is 259 g/mol. The minimum Gasteiger partial charge on any atom is -0.478 e. The van der Waals surface area contributed by atoms with Gasteiger partial charge >= 0.3 is 5.97 Å². The number of hydrogen-bond acceptors (Lipinski definition) is 2. The minimum atomic E-state index is -0.834. The van der Waals surface area contributed by atoms with Crippen LogP contribution in [0.4, 0.5) is 0 Å². The fourth-order valence-electron chi connectivity index (χ4n) is 3.44. The van der Waals surface area contributed by atoms with Crippen LogP contribution in [0, 0.1) is 5.92 Å². The van der Waals surface area contributed by atoms with Crippen LogP contribution >= 0.6 is 0 Å². The smallest absolute Gasteiger partial charge is 0.335 e. The first-order chi connectivity index (χ1) is 9.24. The summed E-state index contributed by atoms with van der Waals surface area (Å²) in [6.07, 6.45) is 6.78. The van der Waals surface area contributed by atoms with Crippen molar-refractivity contribution >= 4 is 5.97 Å². The second kappa shape index (κ2) is 5.33. The van der Waals surface area contributed by atoms with Crippen molar-refractivity contribution in [1.29, 1.82) is 0 Å². The van der Waals surface area contributed by atoms with E-state index in [4.69, 9.17) is 5.11 Å². The highest BCUT2D eigenvalue weighted by Gasteiger charge is 2.34. The maximum atomic E-state index is 11.0. The summed E-state index contributed by atoms with van der Waals surface area (Å²) < 4.78 is 0. The number of carbonyl (C=O) groups is 1. The van der Waals surface area contributed by atoms with E-state index in [0.717, 1.165) is 24.1 Å². The maximum Gasteiger partial charge on any atom is 0.335 e. The summed E-state index contributed by atoms with van der Waals surface area (Å²) in [4.78, 5) is 13.6. The van der Waals surface area contributed by atoms with Crippen LogP contribution in [0.1, 0.15) is 48.0 Å². The number of nitrogens with zero attached hydrogens (tertiary/aromatic N) is 1. The molecule has 0 spiro atoms. The summed E-state index contributed by atoms with van der Waals surface area (Å²) in [5, 5.41) is 9.04. The van der Waals surface area contributed by atoms with E-state index in [9.17, 15) is 4.79 Å². The zero-order valence-corrected chi connectivity index (χ0v) is 11.2. The Bertz CT molecular complexity index is 468. The SMILES string of the molecule is O=C(O)c1cccc(CN2CCCC2C2CCC2)c1. The molecule has 1 aromatic carbocycles. The van der Waals surface area contributed by atoms with Crippen molar-refractivity contribution in [3.8, 4) is 0 Å². The lowest BCUT2D eigenvalue weighted by Crippen LogP contribution is -2.38. The lowest BCUT2D eigenvalue weighted by Gasteiger charge is -2.37. The number of aromatic carboxylic acids is 1. The zero-order chi connectivity index (χ0) is 13.2. The maximum absolute atomic E-state index is 11.0. The molecule has 3 nitrogen and oxygen atoms in total. The third-order valence-electron chi connectivity index (χ3n) is 4.67. The van der Waals surface area contributed by atoms with E-state index >= 15 is 0 Å². The van der Waals surface area contributed by atoms with Crippen LogP contribution in [0.3, 0.4) is 0 Å². The lowest BCUT2D eigenvalue weighted by molar-refractivity contribution is 0.0696. The number of hydrogen-bond donors (Lipinski definition) is 1. The van der Waals surface area contributed by atoms with Gasteiger partial charge in [0.2, 0.25) is 0 Å². The molecule has 3 heteroatoms. The van der Waals surface area contributed by atoms with E-state index in [1.165, 1.54) is 38.6 Å². The molecule has 1 saturated heterocycles. The van der Waals surface area contributed by atoms with Gasteiger partial charge < -0.3 is 5.11 Å². The van der Waals surface area contributed by atoms with Crippen molar-refractivity contribution < 1.29 is 9.90 Å². The van der Waals surface area contributed by atoms with Crippen LogP contribution in [-0.2, 0) is 6.54 Å². The van der Waals surface area contributed by atoms with Gasteiger partial charge in [-0.05, 0) is 55.8 Å². The first-order valence-electron chi connectivity index (χ1n) is 7.30. The van der Waals surface area contributed by atoms with Gasteiger partial charge in [-0.2, -0.15) is 0 Å². The predicted octanol–water partition coefficient (Wildman–Crippen LogP) is 3.15. The van der Waals surface area contributed by atoms with Crippen molar-refractivity contribution in [1.82, 2.24) is 4.90 Å². The third-order valence-corrected chi connectivity index (χ3v) is 4.67. The van der Waals surface area contributed by atoms with Crippen molar-refractivity contribution in [2.45, 2.75) is 44.7 Å². The van der Waals surface area contributed by atoms with Crippen LogP contribution < -0.4 is 0 Å². The molecule has 1 heterocycles. The molecular weight excluding hydrogens is 238 g/mol. The van der Waals surface area contributed by atoms with Gasteiger partial charge in [-0.15, -0.1) is 0 Å². The van der Waals surface area contributed by atoms with E-state index in [1.54, 1.807) is 6.07 Å². The molecule has 0 aromatic heterocycles. The molecule has 0 amide bonds. The molecule has 1 unspecified atom stereocenters. The molecule has 1 aliphatic carbocycles. The highest BCUT2D eigenvalue weighted by molar-refractivity contribution is 5.87. The van der Waals surface area contributed by atoms with Crippen LogP contribution in [0.25, 0.3) is 0 Å². The van der Waals surface area contributed by atoms with Crippen LogP contribution in [-0.4, -0.2) is 28.6 Å². The van der Waals surface area contributed by atoms with Crippen molar-refractivity contribution in [3.05, 3.63) is 35.4 Å². The average Bonchev–Trinajstić information content (AvgIpc) is 2.75. The quantitative estimate of drug-likeness (QED) is 0.903. The van der Waals surface area contributed by atoms with Gasteiger partial charge in [-0.1, -0.05) is 18.6 Å². The van der Waals surface area contributed by atoms with Crippen LogP contribution in [0.5, 0.6) is 0 Å². The Kier molecular flexibility index (Phi) is 3.56. The Morgan fingerprint density at radius 1 is 1.26 bits per heavy atom. The van der Waals surface area contributed by atoms with Gasteiger partial charge in [-0.25, -0.2) is 4.79 Å². The van der Waals surface area contributed by atoms with Gasteiger partial charge in [0, 0.05) is 12.6 Å². The Labute approximate surface area is 114 Å². The van der Waals surface area contributed by atoms with E-state index < -0.39 is 5.97 Å². The number of rotatable bonds is 4. The second-order valence-electron chi connectivity index (χ2n) is 5.88. The van der Waals surface area contributed by atoms with E-state index in [1.807, 2.05) is 18.2 Å². The fraction of sp³-hybridized carbons (Fsp3) is 0.562. The normalized spacial score (nSPS) is 24.3. The molecule has 1 aromatic rings. The van der Waals surface area contributed by atoms with Gasteiger partial charge in [0.1, 0.15) is 0 Å². The molecule has 0 radical (unpaired) electrons. The number of carboxylic acids is 1. The summed E-state index contributed by atoms with van der Waals surface area (Å²) in [5.74, 6) is 0.0592. The van der Waals surface area contributed by atoms with Crippen molar-refractivity contribution in [2.75, 3.05) is 6.54 Å². The first kappa shape index (κ1) is 12.7. The second-order valence-corrected chi connectivity index (χ2v) is 5.88. The Morgan fingerprint density at radius 3 is 2.79 bits per heavy atom. The summed E-state index contributed by atoms with van der Waals surface area (Å²) in [6, 6.07) is 8.12. The molecule has 1 N–H and O–H groups in total. The van der Waals surface area contributed by atoms with Crippen LogP contribution in [0.2, 0.25) is 0 Å². The minimum absolute atomic E-state index is 0.400. The highest BCUT2D eigenvalue weighted by Crippen LogP contribution is 2.37. The molecule has 102 valence electrons. The Hall–Kier alpha value is -1.35. The third kappa shape index (κ3) is 2.66. The number of carboxylic acid groups (broad SMARTS) is 1. The summed E-state index contributed by atoms with van der Waals surface area (Å²) in [6.45, 7) is 2.07. The molecule has 19 heavy (non-hydrogen) atoms. The molecule has 1 atom stereocenters. The predicted molar refractivity (Wildman–Crippen MR) is 74.2 cm³/mol. The molecule has 1 saturated carbocycles. The van der Waals surface area contributed by atoms with Crippen molar-refractivity contribution in [3.63, 3.8) is 0 Å². The van der Waals surface area contributed by atoms with Crippen LogP contribution in [0.15, 0.2) is 24.3 Å². The highest BCUT2D eigenvalue weighted by atomic mass is 16.4. The van der Waals surface area contributed by atoms with Crippen molar-refractivity contribution in [2.24, 2.45) is 5.92 Å². The molecule has 3 rings (SSSR count). The standard InChI is InChI=1S/C16H21NO2/c18-16(19)14-7-1-4-12(10-14)11-17-9-3-8-15(17)13-5-2-6-13/h1,4,7,10,13,15H,2-3,5-6,8-9,11H2,(H,18,19). The number of likely N-dealkylation sites (tertiary alicyclic amines) is 1. The fourth-order valence-corrected chi connectivity index (χ4v) is 3.44. The number of benzene rings is 1. The lowest BCUT2D eigenvalue weighted by atomic mass is 9.79. The van der Waals surface area contributed by atoms with E-state index in [2.05, 4.69) is 4.90 Å². The molecular formula is C16H21NO2. The van der Waals surface area contributed by atoms with Gasteiger partial charge in [0.25, 0.3) is 0 Å². The largest absolute Gasteiger partial charge is 0.478 e. The van der Waals surface area contributed by atoms with Gasteiger partial charge in [0.15, 0.2) is 0 Å². The van der Waals surface area contributed by atoms with E-state index in [0.29, 0.717) is 5.56 Å². The summed E-state index contributed by atoms with van der Waals surface area (Å²) in [5.41, 5.74) is 1.53. The Morgan fingerprint density at radius 2 is 2.11 bits per heavy atom. The van der Waals surface area contributed by atoms with Gasteiger partial charge in [-0.3, -0.25) is 4.90 Å².